The molecule has 126 valence electrons. The first-order valence-corrected chi connectivity index (χ1v) is 8.86. The van der Waals surface area contributed by atoms with Gasteiger partial charge in [0.1, 0.15) is 0 Å². The van der Waals surface area contributed by atoms with Crippen LogP contribution in [0.1, 0.15) is 13.8 Å². The molecule has 2 rings (SSSR count). The number of carbonyl (C=O) groups excluding carboxylic acids is 2. The first-order valence-electron chi connectivity index (χ1n) is 7.04. The molecule has 1 N–H and O–H groups in total. The van der Waals surface area contributed by atoms with Gasteiger partial charge in [0, 0.05) is 40.0 Å². The lowest BCUT2D eigenvalue weighted by Gasteiger charge is -2.33. The van der Waals surface area contributed by atoms with Gasteiger partial charge in [-0.05, 0) is 18.2 Å². The van der Waals surface area contributed by atoms with Crippen molar-refractivity contribution >= 4 is 39.1 Å². The number of nitrogens with one attached hydrogen (secondary N) is 1. The van der Waals surface area contributed by atoms with E-state index in [1.807, 2.05) is 0 Å². The molecule has 1 aliphatic heterocycles. The molecule has 1 fully saturated rings. The van der Waals surface area contributed by atoms with Crippen molar-refractivity contribution in [2.75, 3.05) is 31.5 Å². The highest BCUT2D eigenvalue weighted by atomic mass is 35.5. The van der Waals surface area contributed by atoms with E-state index in [0.29, 0.717) is 18.8 Å². The van der Waals surface area contributed by atoms with Crippen LogP contribution in [0.4, 0.5) is 5.69 Å². The van der Waals surface area contributed by atoms with Crippen LogP contribution in [0.15, 0.2) is 23.1 Å². The van der Waals surface area contributed by atoms with E-state index in [4.69, 9.17) is 11.6 Å². The number of benzene rings is 1. The van der Waals surface area contributed by atoms with Crippen LogP contribution in [0.3, 0.4) is 0 Å². The third-order valence-corrected chi connectivity index (χ3v) is 5.78. The maximum Gasteiger partial charge on any atom is 0.243 e. The van der Waals surface area contributed by atoms with Gasteiger partial charge in [-0.25, -0.2) is 8.42 Å². The summed E-state index contributed by atoms with van der Waals surface area (Å²) in [7, 11) is -3.68. The van der Waals surface area contributed by atoms with Gasteiger partial charge in [0.25, 0.3) is 0 Å². The van der Waals surface area contributed by atoms with Crippen molar-refractivity contribution < 1.29 is 18.0 Å². The van der Waals surface area contributed by atoms with Gasteiger partial charge in [-0.3, -0.25) is 9.59 Å². The number of rotatable bonds is 3. The van der Waals surface area contributed by atoms with Crippen LogP contribution >= 0.6 is 11.6 Å². The molecule has 23 heavy (non-hydrogen) atoms. The minimum atomic E-state index is -3.68. The molecule has 0 aromatic heterocycles. The average Bonchev–Trinajstić information content (AvgIpc) is 2.49. The zero-order chi connectivity index (χ0) is 17.2. The Morgan fingerprint density at radius 1 is 1.13 bits per heavy atom. The Hall–Kier alpha value is -1.64. The molecule has 1 saturated heterocycles. The van der Waals surface area contributed by atoms with Gasteiger partial charge < -0.3 is 10.2 Å². The number of hydrogen-bond donors (Lipinski definition) is 1. The summed E-state index contributed by atoms with van der Waals surface area (Å²) in [6, 6.07) is 4.19. The maximum atomic E-state index is 12.6. The van der Waals surface area contributed by atoms with Crippen LogP contribution < -0.4 is 5.32 Å². The lowest BCUT2D eigenvalue weighted by molar-refractivity contribution is -0.130. The highest BCUT2D eigenvalue weighted by molar-refractivity contribution is 7.89. The van der Waals surface area contributed by atoms with Crippen molar-refractivity contribution in [2.45, 2.75) is 18.7 Å². The van der Waals surface area contributed by atoms with Crippen molar-refractivity contribution in [1.29, 1.82) is 0 Å². The second-order valence-corrected chi connectivity index (χ2v) is 7.58. The van der Waals surface area contributed by atoms with Crippen LogP contribution in [0.25, 0.3) is 0 Å². The van der Waals surface area contributed by atoms with Crippen molar-refractivity contribution in [3.05, 3.63) is 23.2 Å². The normalized spacial score (nSPS) is 16.2. The van der Waals surface area contributed by atoms with Crippen LogP contribution in [0.2, 0.25) is 5.02 Å². The van der Waals surface area contributed by atoms with E-state index < -0.39 is 10.0 Å². The van der Waals surface area contributed by atoms with Crippen LogP contribution in [-0.4, -0.2) is 55.6 Å². The number of halogens is 1. The topological polar surface area (TPSA) is 86.8 Å². The van der Waals surface area contributed by atoms with Crippen LogP contribution in [0, 0.1) is 0 Å². The van der Waals surface area contributed by atoms with E-state index in [1.165, 1.54) is 36.4 Å². The number of nitrogens with zero attached hydrogens (tertiary/aromatic N) is 2. The molecule has 0 saturated carbocycles. The second-order valence-electron chi connectivity index (χ2n) is 5.23. The van der Waals surface area contributed by atoms with E-state index in [9.17, 15) is 18.0 Å². The zero-order valence-corrected chi connectivity index (χ0v) is 14.4. The van der Waals surface area contributed by atoms with Crippen molar-refractivity contribution in [3.63, 3.8) is 0 Å². The molecule has 0 atom stereocenters. The Morgan fingerprint density at radius 2 is 1.74 bits per heavy atom. The smallest absolute Gasteiger partial charge is 0.243 e. The Labute approximate surface area is 140 Å². The molecule has 1 aromatic carbocycles. The van der Waals surface area contributed by atoms with E-state index in [2.05, 4.69) is 5.32 Å². The molecular weight excluding hydrogens is 342 g/mol. The lowest BCUT2D eigenvalue weighted by atomic mass is 10.3. The molecule has 0 bridgehead atoms. The summed E-state index contributed by atoms with van der Waals surface area (Å²) in [6.45, 7) is 4.03. The van der Waals surface area contributed by atoms with Crippen LogP contribution in [0.5, 0.6) is 0 Å². The van der Waals surface area contributed by atoms with Gasteiger partial charge in [-0.1, -0.05) is 11.6 Å². The number of piperazine rings is 1. The average molecular weight is 360 g/mol. The predicted octanol–water partition coefficient (Wildman–Crippen LogP) is 1.15. The number of anilines is 1. The molecule has 1 heterocycles. The van der Waals surface area contributed by atoms with Crippen molar-refractivity contribution in [2.24, 2.45) is 0 Å². The van der Waals surface area contributed by atoms with Crippen molar-refractivity contribution in [3.8, 4) is 0 Å². The number of carbonyl (C=O) groups is 2. The molecule has 0 radical (unpaired) electrons. The number of sulfonamides is 1. The van der Waals surface area contributed by atoms with E-state index in [-0.39, 0.29) is 34.8 Å². The molecule has 2 amide bonds. The summed E-state index contributed by atoms with van der Waals surface area (Å²) in [5.41, 5.74) is 0.361. The zero-order valence-electron chi connectivity index (χ0n) is 12.9. The third kappa shape index (κ3) is 4.01. The summed E-state index contributed by atoms with van der Waals surface area (Å²) in [6.07, 6.45) is 0. The molecule has 9 heteroatoms. The Balaban J connectivity index is 2.19. The Bertz CT molecular complexity index is 728. The summed E-state index contributed by atoms with van der Waals surface area (Å²) in [5.74, 6) is -0.354. The summed E-state index contributed by atoms with van der Waals surface area (Å²) >= 11 is 6.03. The largest absolute Gasteiger partial charge is 0.340 e. The standard InChI is InChI=1S/C14H18ClN3O4S/c1-10(19)16-14-4-3-12(9-13(14)15)23(21,22)18-7-5-17(6-8-18)11(2)20/h3-4,9H,5-8H2,1-2H3,(H,16,19). The Kier molecular flexibility index (Phi) is 5.28. The first-order chi connectivity index (χ1) is 10.7. The van der Waals surface area contributed by atoms with Gasteiger partial charge in [0.2, 0.25) is 21.8 Å². The fourth-order valence-electron chi connectivity index (χ4n) is 2.34. The van der Waals surface area contributed by atoms with Gasteiger partial charge >= 0.3 is 0 Å². The minimum absolute atomic E-state index is 0.0628. The molecule has 1 aliphatic rings. The van der Waals surface area contributed by atoms with Gasteiger partial charge in [0.05, 0.1) is 15.6 Å². The quantitative estimate of drug-likeness (QED) is 0.877. The first kappa shape index (κ1) is 17.7. The minimum Gasteiger partial charge on any atom is -0.340 e. The third-order valence-electron chi connectivity index (χ3n) is 3.57. The number of amides is 2. The van der Waals surface area contributed by atoms with E-state index in [0.717, 1.165) is 0 Å². The van der Waals surface area contributed by atoms with Gasteiger partial charge in [-0.2, -0.15) is 4.31 Å². The highest BCUT2D eigenvalue weighted by Gasteiger charge is 2.29. The predicted molar refractivity (Wildman–Crippen MR) is 86.8 cm³/mol. The summed E-state index contributed by atoms with van der Waals surface area (Å²) in [4.78, 5) is 24.0. The van der Waals surface area contributed by atoms with Crippen LogP contribution in [-0.2, 0) is 19.6 Å². The second kappa shape index (κ2) is 6.86. The maximum absolute atomic E-state index is 12.6. The molecular formula is C14H18ClN3O4S. The van der Waals surface area contributed by atoms with Crippen molar-refractivity contribution in [1.82, 2.24) is 9.21 Å². The molecule has 0 spiro atoms. The molecule has 0 aliphatic carbocycles. The molecule has 1 aromatic rings. The summed E-state index contributed by atoms with van der Waals surface area (Å²) in [5, 5.41) is 2.68. The number of hydrogen-bond acceptors (Lipinski definition) is 4. The lowest BCUT2D eigenvalue weighted by Crippen LogP contribution is -2.49. The fourth-order valence-corrected chi connectivity index (χ4v) is 4.08. The molecule has 7 nitrogen and oxygen atoms in total. The van der Waals surface area contributed by atoms with E-state index in [1.54, 1.807) is 4.90 Å². The monoisotopic (exact) mass is 359 g/mol. The Morgan fingerprint density at radius 3 is 2.22 bits per heavy atom. The SMILES string of the molecule is CC(=O)Nc1ccc(S(=O)(=O)N2CCN(C(C)=O)CC2)cc1Cl. The highest BCUT2D eigenvalue weighted by Crippen LogP contribution is 2.27. The van der Waals surface area contributed by atoms with Gasteiger partial charge in [-0.15, -0.1) is 0 Å². The van der Waals surface area contributed by atoms with Gasteiger partial charge in [0.15, 0.2) is 0 Å². The molecule has 0 unspecified atom stereocenters. The fraction of sp³-hybridized carbons (Fsp3) is 0.429. The van der Waals surface area contributed by atoms with E-state index >= 15 is 0 Å². The summed E-state index contributed by atoms with van der Waals surface area (Å²) < 4.78 is 26.6.